The third-order valence-electron chi connectivity index (χ3n) is 2.15. The van der Waals surface area contributed by atoms with Crippen molar-refractivity contribution in [3.63, 3.8) is 0 Å². The van der Waals surface area contributed by atoms with E-state index in [2.05, 4.69) is 64.5 Å². The Morgan fingerprint density at radius 3 is 2.93 bits per heavy atom. The average molecular weight is 247 g/mol. The summed E-state index contributed by atoms with van der Waals surface area (Å²) in [5, 5.41) is 0. The highest BCUT2D eigenvalue weighted by atomic mass is 79.9. The Morgan fingerprint density at radius 1 is 1.14 bits per heavy atom. The molecule has 0 saturated carbocycles. The van der Waals surface area contributed by atoms with Crippen molar-refractivity contribution in [2.75, 3.05) is 0 Å². The van der Waals surface area contributed by atoms with E-state index in [1.807, 2.05) is 6.07 Å². The van der Waals surface area contributed by atoms with Crippen molar-refractivity contribution in [1.29, 1.82) is 0 Å². The number of halogens is 1. The van der Waals surface area contributed by atoms with Crippen LogP contribution in [0.15, 0.2) is 59.1 Å². The fraction of sp³-hybridized carbons (Fsp3) is 0.0769. The van der Waals surface area contributed by atoms with Crippen molar-refractivity contribution >= 4 is 21.5 Å². The predicted octanol–water partition coefficient (Wildman–Crippen LogP) is 4.35. The van der Waals surface area contributed by atoms with E-state index in [0.717, 1.165) is 10.9 Å². The molecule has 0 unspecified atom stereocenters. The van der Waals surface area contributed by atoms with Crippen molar-refractivity contribution in [2.45, 2.75) is 6.42 Å². The molecule has 1 aliphatic carbocycles. The van der Waals surface area contributed by atoms with Gasteiger partial charge in [-0.25, -0.2) is 0 Å². The molecule has 1 aromatic carbocycles. The molecule has 0 aromatic heterocycles. The first-order valence-corrected chi connectivity index (χ1v) is 5.45. The van der Waals surface area contributed by atoms with E-state index in [1.54, 1.807) is 0 Å². The molecular weight excluding hydrogens is 236 g/mol. The third kappa shape index (κ3) is 2.24. The fourth-order valence-electron chi connectivity index (χ4n) is 1.46. The molecule has 0 radical (unpaired) electrons. The van der Waals surface area contributed by atoms with Crippen LogP contribution in [0.25, 0.3) is 5.57 Å². The molecule has 0 amide bonds. The van der Waals surface area contributed by atoms with Gasteiger partial charge in [0.2, 0.25) is 0 Å². The van der Waals surface area contributed by atoms with Crippen LogP contribution >= 0.6 is 15.9 Å². The van der Waals surface area contributed by atoms with Crippen LogP contribution in [0, 0.1) is 0 Å². The maximum atomic E-state index is 3.48. The Balaban J connectivity index is 2.35. The molecule has 0 spiro atoms. The minimum atomic E-state index is 1.01. The average Bonchev–Trinajstić information content (AvgIpc) is 2.45. The van der Waals surface area contributed by atoms with Gasteiger partial charge >= 0.3 is 0 Å². The van der Waals surface area contributed by atoms with Gasteiger partial charge in [-0.05, 0) is 29.7 Å². The first-order valence-electron chi connectivity index (χ1n) is 4.65. The Bertz CT molecular complexity index is 411. The van der Waals surface area contributed by atoms with E-state index in [0.29, 0.717) is 0 Å². The summed E-state index contributed by atoms with van der Waals surface area (Å²) >= 11 is 3.48. The maximum absolute atomic E-state index is 3.48. The lowest BCUT2D eigenvalue weighted by Gasteiger charge is -2.02. The molecule has 0 nitrogen and oxygen atoms in total. The summed E-state index contributed by atoms with van der Waals surface area (Å²) in [7, 11) is 0. The molecule has 70 valence electrons. The van der Waals surface area contributed by atoms with Gasteiger partial charge in [-0.1, -0.05) is 58.4 Å². The van der Waals surface area contributed by atoms with E-state index in [9.17, 15) is 0 Å². The Morgan fingerprint density at radius 2 is 2.07 bits per heavy atom. The summed E-state index contributed by atoms with van der Waals surface area (Å²) in [6.07, 6.45) is 11.7. The standard InChI is InChI=1S/C13H11Br/c14-13-9-5-8-12(10-13)11-6-3-1-2-4-7-11/h1-3,5-10H,4H2. The molecule has 1 aromatic rings. The van der Waals surface area contributed by atoms with Crippen molar-refractivity contribution < 1.29 is 0 Å². The summed E-state index contributed by atoms with van der Waals surface area (Å²) < 4.78 is 1.13. The first kappa shape index (κ1) is 9.47. The maximum Gasteiger partial charge on any atom is 0.0181 e. The normalized spacial score (nSPS) is 15.1. The van der Waals surface area contributed by atoms with Crippen molar-refractivity contribution in [2.24, 2.45) is 0 Å². The van der Waals surface area contributed by atoms with Gasteiger partial charge in [-0.15, -0.1) is 0 Å². The lowest BCUT2D eigenvalue weighted by atomic mass is 10.1. The van der Waals surface area contributed by atoms with Gasteiger partial charge in [0.25, 0.3) is 0 Å². The van der Waals surface area contributed by atoms with Crippen molar-refractivity contribution in [1.82, 2.24) is 0 Å². The molecule has 0 atom stereocenters. The Kier molecular flexibility index (Phi) is 3.00. The highest BCUT2D eigenvalue weighted by Gasteiger charge is 1.98. The van der Waals surface area contributed by atoms with Gasteiger partial charge in [0.1, 0.15) is 0 Å². The van der Waals surface area contributed by atoms with Crippen molar-refractivity contribution in [3.8, 4) is 0 Å². The van der Waals surface area contributed by atoms with Gasteiger partial charge < -0.3 is 0 Å². The van der Waals surface area contributed by atoms with Gasteiger partial charge in [0, 0.05) is 4.47 Å². The van der Waals surface area contributed by atoms with Crippen LogP contribution in [-0.4, -0.2) is 0 Å². The van der Waals surface area contributed by atoms with Gasteiger partial charge in [-0.3, -0.25) is 0 Å². The second-order valence-corrected chi connectivity index (χ2v) is 4.11. The van der Waals surface area contributed by atoms with Crippen LogP contribution in [-0.2, 0) is 0 Å². The van der Waals surface area contributed by atoms with Crippen LogP contribution in [0.3, 0.4) is 0 Å². The van der Waals surface area contributed by atoms with Crippen LogP contribution in [0.2, 0.25) is 0 Å². The first-order chi connectivity index (χ1) is 6.86. The molecule has 0 bridgehead atoms. The largest absolute Gasteiger partial charge is 0.0807 e. The number of hydrogen-bond donors (Lipinski definition) is 0. The summed E-state index contributed by atoms with van der Waals surface area (Å²) in [6.45, 7) is 0. The topological polar surface area (TPSA) is 0 Å². The Hall–Kier alpha value is -1.08. The summed E-state index contributed by atoms with van der Waals surface area (Å²) in [4.78, 5) is 0. The van der Waals surface area contributed by atoms with E-state index in [1.165, 1.54) is 11.1 Å². The quantitative estimate of drug-likeness (QED) is 0.692. The molecule has 0 N–H and O–H groups in total. The van der Waals surface area contributed by atoms with Crippen LogP contribution in [0.4, 0.5) is 0 Å². The van der Waals surface area contributed by atoms with Crippen LogP contribution in [0.1, 0.15) is 12.0 Å². The van der Waals surface area contributed by atoms with Crippen LogP contribution in [0.5, 0.6) is 0 Å². The van der Waals surface area contributed by atoms with Gasteiger partial charge in [0.05, 0.1) is 0 Å². The number of allylic oxidation sites excluding steroid dienone is 6. The Labute approximate surface area is 92.8 Å². The number of rotatable bonds is 1. The van der Waals surface area contributed by atoms with E-state index < -0.39 is 0 Å². The lowest BCUT2D eigenvalue weighted by molar-refractivity contribution is 1.40. The van der Waals surface area contributed by atoms with E-state index in [-0.39, 0.29) is 0 Å². The third-order valence-corrected chi connectivity index (χ3v) is 2.65. The second-order valence-electron chi connectivity index (χ2n) is 3.19. The van der Waals surface area contributed by atoms with Gasteiger partial charge in [-0.2, -0.15) is 0 Å². The van der Waals surface area contributed by atoms with E-state index in [4.69, 9.17) is 0 Å². The summed E-state index contributed by atoms with van der Waals surface area (Å²) in [5.41, 5.74) is 2.55. The van der Waals surface area contributed by atoms with Crippen molar-refractivity contribution in [3.05, 3.63) is 64.7 Å². The number of hydrogen-bond acceptors (Lipinski definition) is 0. The zero-order valence-corrected chi connectivity index (χ0v) is 9.37. The summed E-state index contributed by atoms with van der Waals surface area (Å²) in [6, 6.07) is 8.38. The minimum Gasteiger partial charge on any atom is -0.0807 e. The number of benzene rings is 1. The fourth-order valence-corrected chi connectivity index (χ4v) is 1.86. The minimum absolute atomic E-state index is 1.01. The molecule has 1 heteroatoms. The highest BCUT2D eigenvalue weighted by Crippen LogP contribution is 2.21. The van der Waals surface area contributed by atoms with Gasteiger partial charge in [0.15, 0.2) is 0 Å². The molecule has 2 rings (SSSR count). The van der Waals surface area contributed by atoms with E-state index >= 15 is 0 Å². The molecule has 0 aliphatic heterocycles. The summed E-state index contributed by atoms with van der Waals surface area (Å²) in [5.74, 6) is 0. The lowest BCUT2D eigenvalue weighted by Crippen LogP contribution is -1.80. The zero-order chi connectivity index (χ0) is 9.80. The molecular formula is C13H11Br. The SMILES string of the molecule is Brc1cccc(C2=CCC=CC=C2)c1. The molecule has 1 aliphatic rings. The molecule has 0 saturated heterocycles. The smallest absolute Gasteiger partial charge is 0.0181 e. The predicted molar refractivity (Wildman–Crippen MR) is 65.0 cm³/mol. The molecule has 0 fully saturated rings. The second kappa shape index (κ2) is 4.43. The monoisotopic (exact) mass is 246 g/mol. The molecule has 14 heavy (non-hydrogen) atoms. The highest BCUT2D eigenvalue weighted by molar-refractivity contribution is 9.10. The molecule has 0 heterocycles. The zero-order valence-electron chi connectivity index (χ0n) is 7.78. The van der Waals surface area contributed by atoms with Crippen LogP contribution < -0.4 is 0 Å².